The van der Waals surface area contributed by atoms with E-state index < -0.39 is 0 Å². The molecule has 0 bridgehead atoms. The molecule has 0 saturated heterocycles. The van der Waals surface area contributed by atoms with Crippen LogP contribution in [0.5, 0.6) is 0 Å². The fraction of sp³-hybridized carbons (Fsp3) is 0.222. The van der Waals surface area contributed by atoms with Crippen LogP contribution in [0.4, 0.5) is 17.6 Å². The number of hydrogen-bond acceptors (Lipinski definition) is 7. The molecule has 3 rings (SSSR count). The van der Waals surface area contributed by atoms with Crippen LogP contribution in [-0.2, 0) is 0 Å². The average Bonchev–Trinajstić information content (AvgIpc) is 2.61. The molecule has 0 aliphatic heterocycles. The molecule has 128 valence electrons. The van der Waals surface area contributed by atoms with Gasteiger partial charge in [0.25, 0.3) is 0 Å². The molecule has 0 amide bonds. The van der Waals surface area contributed by atoms with Crippen molar-refractivity contribution < 1.29 is 0 Å². The van der Waals surface area contributed by atoms with E-state index in [0.717, 1.165) is 17.1 Å². The fourth-order valence-corrected chi connectivity index (χ4v) is 2.49. The molecule has 3 aromatic rings. The van der Waals surface area contributed by atoms with Gasteiger partial charge < -0.3 is 16.4 Å². The third-order valence-electron chi connectivity index (χ3n) is 3.92. The number of aryl methyl sites for hydroxylation is 1. The summed E-state index contributed by atoms with van der Waals surface area (Å²) >= 11 is 0. The van der Waals surface area contributed by atoms with Gasteiger partial charge in [-0.3, -0.25) is 4.98 Å². The van der Waals surface area contributed by atoms with E-state index in [0.29, 0.717) is 18.9 Å². The van der Waals surface area contributed by atoms with Gasteiger partial charge in [0.15, 0.2) is 0 Å². The highest BCUT2D eigenvalue weighted by Gasteiger charge is 2.08. The molecule has 4 N–H and O–H groups in total. The molecule has 0 aliphatic rings. The second-order valence-electron chi connectivity index (χ2n) is 5.69. The Bertz CT molecular complexity index is 849. The smallest absolute Gasteiger partial charge is 0.222 e. The summed E-state index contributed by atoms with van der Waals surface area (Å²) in [6, 6.07) is 8.07. The maximum Gasteiger partial charge on any atom is 0.222 e. The second-order valence-corrected chi connectivity index (χ2v) is 5.69. The topological polar surface area (TPSA) is 102 Å². The second kappa shape index (κ2) is 7.57. The number of nitrogens with zero attached hydrogens (tertiary/aromatic N) is 4. The summed E-state index contributed by atoms with van der Waals surface area (Å²) < 4.78 is 0. The Hall–Kier alpha value is -3.22. The van der Waals surface area contributed by atoms with Crippen LogP contribution in [0.3, 0.4) is 0 Å². The molecule has 0 fully saturated rings. The van der Waals surface area contributed by atoms with Crippen LogP contribution in [-0.4, -0.2) is 33.0 Å². The summed E-state index contributed by atoms with van der Waals surface area (Å²) in [7, 11) is 0. The maximum absolute atomic E-state index is 5.88. The third kappa shape index (κ3) is 4.20. The highest BCUT2D eigenvalue weighted by Crippen LogP contribution is 2.25. The van der Waals surface area contributed by atoms with Crippen molar-refractivity contribution in [1.82, 2.24) is 19.9 Å². The van der Waals surface area contributed by atoms with Crippen LogP contribution in [0.2, 0.25) is 0 Å². The summed E-state index contributed by atoms with van der Waals surface area (Å²) in [6.45, 7) is 5.52. The van der Waals surface area contributed by atoms with Gasteiger partial charge >= 0.3 is 0 Å². The summed E-state index contributed by atoms with van der Waals surface area (Å²) in [5.74, 6) is 1.69. The maximum atomic E-state index is 5.88. The van der Waals surface area contributed by atoms with E-state index in [1.165, 1.54) is 11.1 Å². The van der Waals surface area contributed by atoms with Gasteiger partial charge in [-0.1, -0.05) is 18.2 Å². The van der Waals surface area contributed by atoms with E-state index in [1.807, 2.05) is 18.2 Å². The van der Waals surface area contributed by atoms with Crippen molar-refractivity contribution in [3.8, 4) is 11.3 Å². The molecule has 7 nitrogen and oxygen atoms in total. The first-order valence-electron chi connectivity index (χ1n) is 8.08. The first kappa shape index (κ1) is 16.6. The van der Waals surface area contributed by atoms with Crippen LogP contribution in [0.1, 0.15) is 11.1 Å². The number of nitrogens with two attached hydrogens (primary N) is 1. The normalized spacial score (nSPS) is 10.5. The molecule has 0 saturated carbocycles. The SMILES string of the molecule is Cc1cccc(-c2cc(NCCNc3cnccn3)nc(N)n2)c1C. The fourth-order valence-electron chi connectivity index (χ4n) is 2.49. The van der Waals surface area contributed by atoms with Gasteiger partial charge in [-0.25, -0.2) is 9.97 Å². The van der Waals surface area contributed by atoms with Gasteiger partial charge in [0, 0.05) is 37.1 Å². The van der Waals surface area contributed by atoms with Crippen molar-refractivity contribution >= 4 is 17.6 Å². The minimum absolute atomic E-state index is 0.253. The van der Waals surface area contributed by atoms with Gasteiger partial charge in [-0.15, -0.1) is 0 Å². The Morgan fingerprint density at radius 3 is 2.56 bits per heavy atom. The van der Waals surface area contributed by atoms with E-state index in [2.05, 4.69) is 50.5 Å². The zero-order valence-electron chi connectivity index (χ0n) is 14.3. The average molecular weight is 335 g/mol. The number of anilines is 3. The van der Waals surface area contributed by atoms with Crippen molar-refractivity contribution in [2.45, 2.75) is 13.8 Å². The zero-order chi connectivity index (χ0) is 17.6. The van der Waals surface area contributed by atoms with Gasteiger partial charge in [-0.2, -0.15) is 4.98 Å². The summed E-state index contributed by atoms with van der Waals surface area (Å²) in [4.78, 5) is 16.8. The summed E-state index contributed by atoms with van der Waals surface area (Å²) in [5.41, 5.74) is 10.2. The molecule has 0 unspecified atom stereocenters. The van der Waals surface area contributed by atoms with E-state index >= 15 is 0 Å². The summed E-state index contributed by atoms with van der Waals surface area (Å²) in [5, 5.41) is 6.44. The lowest BCUT2D eigenvalue weighted by Gasteiger charge is -2.11. The van der Waals surface area contributed by atoms with Crippen molar-refractivity contribution in [3.63, 3.8) is 0 Å². The van der Waals surface area contributed by atoms with Crippen LogP contribution >= 0.6 is 0 Å². The molecule has 0 aliphatic carbocycles. The van der Waals surface area contributed by atoms with Crippen molar-refractivity contribution in [2.75, 3.05) is 29.5 Å². The number of nitrogens with one attached hydrogen (secondary N) is 2. The lowest BCUT2D eigenvalue weighted by atomic mass is 10.0. The Labute approximate surface area is 146 Å². The zero-order valence-corrected chi connectivity index (χ0v) is 14.3. The van der Waals surface area contributed by atoms with Crippen molar-refractivity contribution in [1.29, 1.82) is 0 Å². The summed E-state index contributed by atoms with van der Waals surface area (Å²) in [6.07, 6.45) is 4.97. The minimum Gasteiger partial charge on any atom is -0.368 e. The van der Waals surface area contributed by atoms with Crippen LogP contribution in [0.25, 0.3) is 11.3 Å². The molecule has 2 heterocycles. The standard InChI is InChI=1S/C18H21N7/c1-12-4-3-5-14(13(12)2)15-10-16(25-18(19)24-15)21-8-9-23-17-11-20-6-7-22-17/h3-7,10-11H,8-9H2,1-2H3,(H,22,23)(H3,19,21,24,25). The minimum atomic E-state index is 0.253. The molecule has 0 atom stereocenters. The number of rotatable bonds is 6. The van der Waals surface area contributed by atoms with Gasteiger partial charge in [0.1, 0.15) is 11.6 Å². The first-order chi connectivity index (χ1) is 12.1. The molecular weight excluding hydrogens is 314 g/mol. The molecule has 0 radical (unpaired) electrons. The Morgan fingerprint density at radius 1 is 1.00 bits per heavy atom. The Balaban J connectivity index is 1.68. The van der Waals surface area contributed by atoms with E-state index in [9.17, 15) is 0 Å². The molecule has 1 aromatic carbocycles. The lowest BCUT2D eigenvalue weighted by molar-refractivity contribution is 1.03. The Morgan fingerprint density at radius 2 is 1.80 bits per heavy atom. The highest BCUT2D eigenvalue weighted by molar-refractivity contribution is 5.68. The molecule has 25 heavy (non-hydrogen) atoms. The van der Waals surface area contributed by atoms with Crippen LogP contribution < -0.4 is 16.4 Å². The Kier molecular flexibility index (Phi) is 5.03. The van der Waals surface area contributed by atoms with Crippen molar-refractivity contribution in [2.24, 2.45) is 0 Å². The highest BCUT2D eigenvalue weighted by atomic mass is 15.1. The van der Waals surface area contributed by atoms with Crippen LogP contribution in [0, 0.1) is 13.8 Å². The van der Waals surface area contributed by atoms with Gasteiger partial charge in [0.2, 0.25) is 5.95 Å². The van der Waals surface area contributed by atoms with E-state index in [-0.39, 0.29) is 5.95 Å². The van der Waals surface area contributed by atoms with Crippen LogP contribution in [0.15, 0.2) is 42.9 Å². The molecule has 0 spiro atoms. The first-order valence-corrected chi connectivity index (χ1v) is 8.08. The monoisotopic (exact) mass is 335 g/mol. The molecule has 7 heteroatoms. The number of nitrogen functional groups attached to an aromatic ring is 1. The van der Waals surface area contributed by atoms with E-state index in [4.69, 9.17) is 5.73 Å². The largest absolute Gasteiger partial charge is 0.368 e. The van der Waals surface area contributed by atoms with Gasteiger partial charge in [0.05, 0.1) is 11.9 Å². The third-order valence-corrected chi connectivity index (χ3v) is 3.92. The molecule has 2 aromatic heterocycles. The quantitative estimate of drug-likeness (QED) is 0.595. The van der Waals surface area contributed by atoms with E-state index in [1.54, 1.807) is 18.6 Å². The van der Waals surface area contributed by atoms with Gasteiger partial charge in [-0.05, 0) is 25.0 Å². The number of hydrogen-bond donors (Lipinski definition) is 3. The predicted octanol–water partition coefficient (Wildman–Crippen LogP) is 2.66. The predicted molar refractivity (Wildman–Crippen MR) is 100 cm³/mol. The molecular formula is C18H21N7. The van der Waals surface area contributed by atoms with Crippen molar-refractivity contribution in [3.05, 3.63) is 54.0 Å². The number of aromatic nitrogens is 4. The lowest BCUT2D eigenvalue weighted by Crippen LogP contribution is -2.15. The number of benzene rings is 1.